The molecular formula is C29H43FO. The highest BCUT2D eigenvalue weighted by Crippen LogP contribution is 2.41. The Labute approximate surface area is 189 Å². The van der Waals surface area contributed by atoms with Crippen molar-refractivity contribution in [3.8, 4) is 0 Å². The first-order valence-electron chi connectivity index (χ1n) is 13.1. The van der Waals surface area contributed by atoms with Crippen LogP contribution in [0.4, 0.5) is 4.39 Å². The van der Waals surface area contributed by atoms with E-state index in [1.807, 2.05) is 12.1 Å². The van der Waals surface area contributed by atoms with Crippen LogP contribution < -0.4 is 0 Å². The number of ketones is 1. The molecule has 0 spiro atoms. The molecule has 0 aromatic heterocycles. The van der Waals surface area contributed by atoms with Crippen LogP contribution in [0.15, 0.2) is 29.8 Å². The molecule has 1 unspecified atom stereocenters. The van der Waals surface area contributed by atoms with Crippen LogP contribution >= 0.6 is 0 Å². The fourth-order valence-corrected chi connectivity index (χ4v) is 5.74. The topological polar surface area (TPSA) is 17.1 Å². The molecule has 172 valence electrons. The number of aryl methyl sites for hydroxylation is 1. The van der Waals surface area contributed by atoms with Crippen LogP contribution in [0.2, 0.25) is 0 Å². The van der Waals surface area contributed by atoms with Gasteiger partial charge in [-0.1, -0.05) is 77.0 Å². The fourth-order valence-electron chi connectivity index (χ4n) is 5.74. The van der Waals surface area contributed by atoms with Crippen molar-refractivity contribution in [2.24, 2.45) is 17.8 Å². The van der Waals surface area contributed by atoms with Gasteiger partial charge in [-0.2, -0.15) is 0 Å². The minimum absolute atomic E-state index is 0.151. The molecular weight excluding hydrogens is 383 g/mol. The Balaban J connectivity index is 1.45. The lowest BCUT2D eigenvalue weighted by Gasteiger charge is -2.35. The number of halogens is 1. The average molecular weight is 427 g/mol. The summed E-state index contributed by atoms with van der Waals surface area (Å²) in [6, 6.07) is 5.39. The van der Waals surface area contributed by atoms with Crippen LogP contribution in [0.5, 0.6) is 0 Å². The van der Waals surface area contributed by atoms with Crippen molar-refractivity contribution < 1.29 is 9.18 Å². The maximum absolute atomic E-state index is 14.3. The predicted octanol–water partition coefficient (Wildman–Crippen LogP) is 8.39. The van der Waals surface area contributed by atoms with Crippen molar-refractivity contribution in [1.29, 1.82) is 0 Å². The summed E-state index contributed by atoms with van der Waals surface area (Å²) in [6.07, 6.45) is 19.7. The Morgan fingerprint density at radius 1 is 0.968 bits per heavy atom. The molecule has 1 aromatic carbocycles. The van der Waals surface area contributed by atoms with E-state index in [1.165, 1.54) is 51.4 Å². The summed E-state index contributed by atoms with van der Waals surface area (Å²) in [6.45, 7) is 4.40. The molecule has 1 fully saturated rings. The first kappa shape index (κ1) is 24.2. The third-order valence-electron chi connectivity index (χ3n) is 7.87. The number of allylic oxidation sites excluding steroid dienone is 2. The first-order chi connectivity index (χ1) is 15.1. The summed E-state index contributed by atoms with van der Waals surface area (Å²) >= 11 is 0. The zero-order valence-corrected chi connectivity index (χ0v) is 19.9. The van der Waals surface area contributed by atoms with Gasteiger partial charge in [0, 0.05) is 6.42 Å². The zero-order chi connectivity index (χ0) is 22.1. The van der Waals surface area contributed by atoms with Crippen molar-refractivity contribution in [3.63, 3.8) is 0 Å². The molecule has 0 bridgehead atoms. The van der Waals surface area contributed by atoms with Gasteiger partial charge in [0.25, 0.3) is 0 Å². The predicted molar refractivity (Wildman–Crippen MR) is 129 cm³/mol. The lowest BCUT2D eigenvalue weighted by Crippen LogP contribution is -2.24. The van der Waals surface area contributed by atoms with Crippen LogP contribution in [-0.2, 0) is 17.6 Å². The SMILES string of the molecule is CCCCCC1CCC(C2CC=C(C(=O)Cc3ccc(CCCC)c(F)c3)CC2)CC1. The highest BCUT2D eigenvalue weighted by atomic mass is 19.1. The quantitative estimate of drug-likeness (QED) is 0.325. The van der Waals surface area contributed by atoms with Crippen molar-refractivity contribution >= 4 is 5.78 Å². The van der Waals surface area contributed by atoms with E-state index in [9.17, 15) is 9.18 Å². The molecule has 0 radical (unpaired) electrons. The number of benzene rings is 1. The zero-order valence-electron chi connectivity index (χ0n) is 19.9. The van der Waals surface area contributed by atoms with Gasteiger partial charge in [0.1, 0.15) is 5.82 Å². The Kier molecular flexibility index (Phi) is 9.81. The van der Waals surface area contributed by atoms with E-state index in [-0.39, 0.29) is 11.6 Å². The van der Waals surface area contributed by atoms with Crippen molar-refractivity contribution in [2.75, 3.05) is 0 Å². The van der Waals surface area contributed by atoms with Gasteiger partial charge in [0.05, 0.1) is 0 Å². The minimum atomic E-state index is -0.151. The summed E-state index contributed by atoms with van der Waals surface area (Å²) < 4.78 is 14.3. The van der Waals surface area contributed by atoms with E-state index in [2.05, 4.69) is 19.9 Å². The molecule has 0 saturated heterocycles. The average Bonchev–Trinajstić information content (AvgIpc) is 2.79. The Hall–Kier alpha value is -1.44. The Bertz CT molecular complexity index is 726. The summed E-state index contributed by atoms with van der Waals surface area (Å²) in [5.74, 6) is 2.64. The normalized spacial score (nSPS) is 24.1. The molecule has 0 heterocycles. The number of carbonyl (C=O) groups excluding carboxylic acids is 1. The number of hydrogen-bond acceptors (Lipinski definition) is 1. The van der Waals surface area contributed by atoms with Crippen molar-refractivity contribution in [1.82, 2.24) is 0 Å². The number of unbranched alkanes of at least 4 members (excludes halogenated alkanes) is 3. The Morgan fingerprint density at radius 3 is 2.39 bits per heavy atom. The maximum atomic E-state index is 14.3. The number of Topliss-reactive ketones (excluding diaryl/α,β-unsaturated/α-hetero) is 1. The molecule has 1 saturated carbocycles. The van der Waals surface area contributed by atoms with E-state index in [0.717, 1.165) is 73.0 Å². The van der Waals surface area contributed by atoms with E-state index in [1.54, 1.807) is 6.07 Å². The molecule has 1 nitrogen and oxygen atoms in total. The van der Waals surface area contributed by atoms with Gasteiger partial charge in [0.15, 0.2) is 5.78 Å². The minimum Gasteiger partial charge on any atom is -0.294 e. The standard InChI is InChI=1S/C29H43FO/c1-3-5-7-8-22-10-13-24(14-11-22)25-16-18-27(19-17-25)29(31)21-23-12-15-26(9-6-4-2)28(30)20-23/h12,15,18,20,22,24-25H,3-11,13-14,16-17,19,21H2,1-2H3. The van der Waals surface area contributed by atoms with Gasteiger partial charge in [-0.15, -0.1) is 0 Å². The lowest BCUT2D eigenvalue weighted by atomic mass is 9.70. The van der Waals surface area contributed by atoms with E-state index in [0.29, 0.717) is 6.42 Å². The first-order valence-corrected chi connectivity index (χ1v) is 13.1. The van der Waals surface area contributed by atoms with Gasteiger partial charge in [-0.3, -0.25) is 4.79 Å². The highest BCUT2D eigenvalue weighted by molar-refractivity contribution is 5.96. The van der Waals surface area contributed by atoms with Gasteiger partial charge in [-0.25, -0.2) is 4.39 Å². The molecule has 3 rings (SSSR count). The molecule has 2 heteroatoms. The molecule has 0 N–H and O–H groups in total. The third kappa shape index (κ3) is 7.29. The second kappa shape index (κ2) is 12.6. The van der Waals surface area contributed by atoms with E-state index < -0.39 is 0 Å². The maximum Gasteiger partial charge on any atom is 0.162 e. The molecule has 1 atom stereocenters. The van der Waals surface area contributed by atoms with Crippen molar-refractivity contribution in [2.45, 2.75) is 110 Å². The largest absolute Gasteiger partial charge is 0.294 e. The molecule has 31 heavy (non-hydrogen) atoms. The summed E-state index contributed by atoms with van der Waals surface area (Å²) in [7, 11) is 0. The van der Waals surface area contributed by atoms with Crippen LogP contribution in [0.25, 0.3) is 0 Å². The Morgan fingerprint density at radius 2 is 1.74 bits per heavy atom. The van der Waals surface area contributed by atoms with Gasteiger partial charge >= 0.3 is 0 Å². The lowest BCUT2D eigenvalue weighted by molar-refractivity contribution is -0.115. The molecule has 1 aromatic rings. The van der Waals surface area contributed by atoms with Crippen molar-refractivity contribution in [3.05, 3.63) is 46.8 Å². The van der Waals surface area contributed by atoms with Crippen LogP contribution in [0.1, 0.15) is 108 Å². The smallest absolute Gasteiger partial charge is 0.162 e. The molecule has 0 amide bonds. The summed E-state index contributed by atoms with van der Waals surface area (Å²) in [5.41, 5.74) is 2.57. The van der Waals surface area contributed by atoms with Gasteiger partial charge < -0.3 is 0 Å². The monoisotopic (exact) mass is 426 g/mol. The molecule has 2 aliphatic rings. The molecule has 0 aliphatic heterocycles. The second-order valence-corrected chi connectivity index (χ2v) is 10.2. The second-order valence-electron chi connectivity index (χ2n) is 10.2. The molecule has 2 aliphatic carbocycles. The summed E-state index contributed by atoms with van der Waals surface area (Å²) in [5, 5.41) is 0. The van der Waals surface area contributed by atoms with Gasteiger partial charge in [-0.05, 0) is 85.5 Å². The number of hydrogen-bond donors (Lipinski definition) is 0. The fraction of sp³-hybridized carbons (Fsp3) is 0.690. The van der Waals surface area contributed by atoms with E-state index >= 15 is 0 Å². The number of rotatable bonds is 11. The van der Waals surface area contributed by atoms with Crippen LogP contribution in [0.3, 0.4) is 0 Å². The van der Waals surface area contributed by atoms with Crippen LogP contribution in [-0.4, -0.2) is 5.78 Å². The van der Waals surface area contributed by atoms with E-state index in [4.69, 9.17) is 0 Å². The van der Waals surface area contributed by atoms with Gasteiger partial charge in [0.2, 0.25) is 0 Å². The number of carbonyl (C=O) groups is 1. The third-order valence-corrected chi connectivity index (χ3v) is 7.87. The van der Waals surface area contributed by atoms with Crippen LogP contribution in [0, 0.1) is 23.6 Å². The summed E-state index contributed by atoms with van der Waals surface area (Å²) in [4.78, 5) is 12.8. The highest BCUT2D eigenvalue weighted by Gasteiger charge is 2.29.